The van der Waals surface area contributed by atoms with Crippen molar-refractivity contribution in [2.75, 3.05) is 24.5 Å². The standard InChI is InChI=1S/C20H22N4O4S2/c1-12-13(10-15-19(28)24(20(29)30-15)9-6-16(25)26)17(23-7-4-3-5-8-23)22(2)18(27)14(12)11-21/h10H,3-9H2,1-2H3,(H,25,26). The Labute approximate surface area is 183 Å². The summed E-state index contributed by atoms with van der Waals surface area (Å²) in [7, 11) is 1.64. The molecule has 2 aliphatic heterocycles. The molecule has 0 spiro atoms. The minimum absolute atomic E-state index is 0.00598. The van der Waals surface area contributed by atoms with E-state index in [4.69, 9.17) is 17.3 Å². The molecule has 3 heterocycles. The smallest absolute Gasteiger partial charge is 0.305 e. The van der Waals surface area contributed by atoms with Crippen LogP contribution in [0.1, 0.15) is 42.4 Å². The van der Waals surface area contributed by atoms with Crippen molar-refractivity contribution in [1.82, 2.24) is 9.47 Å². The van der Waals surface area contributed by atoms with E-state index in [1.54, 1.807) is 20.0 Å². The first-order valence-electron chi connectivity index (χ1n) is 9.62. The molecule has 2 fully saturated rings. The Hall–Kier alpha value is -2.64. The molecule has 8 nitrogen and oxygen atoms in total. The Morgan fingerprint density at radius 3 is 2.57 bits per heavy atom. The van der Waals surface area contributed by atoms with Gasteiger partial charge in [-0.15, -0.1) is 0 Å². The van der Waals surface area contributed by atoms with E-state index in [9.17, 15) is 19.6 Å². The molecule has 0 aliphatic carbocycles. The summed E-state index contributed by atoms with van der Waals surface area (Å²) < 4.78 is 1.78. The van der Waals surface area contributed by atoms with Gasteiger partial charge in [0.1, 0.15) is 21.8 Å². The third-order valence-corrected chi connectivity index (χ3v) is 6.70. The van der Waals surface area contributed by atoms with E-state index in [1.807, 2.05) is 6.07 Å². The number of pyridine rings is 1. The molecule has 3 rings (SSSR count). The summed E-state index contributed by atoms with van der Waals surface area (Å²) in [5, 5.41) is 18.4. The summed E-state index contributed by atoms with van der Waals surface area (Å²) in [6.07, 6.45) is 4.61. The molecule has 2 aliphatic rings. The van der Waals surface area contributed by atoms with Crippen LogP contribution < -0.4 is 10.5 Å². The quantitative estimate of drug-likeness (QED) is 0.542. The first-order valence-corrected chi connectivity index (χ1v) is 10.8. The van der Waals surface area contributed by atoms with Gasteiger partial charge < -0.3 is 10.0 Å². The zero-order chi connectivity index (χ0) is 22.0. The summed E-state index contributed by atoms with van der Waals surface area (Å²) in [6, 6.07) is 1.99. The number of nitrogens with zero attached hydrogens (tertiary/aromatic N) is 4. The normalized spacial score (nSPS) is 18.2. The van der Waals surface area contributed by atoms with Gasteiger partial charge in [-0.25, -0.2) is 0 Å². The van der Waals surface area contributed by atoms with Crippen LogP contribution in [0.4, 0.5) is 5.82 Å². The third-order valence-electron chi connectivity index (χ3n) is 5.32. The van der Waals surface area contributed by atoms with Crippen LogP contribution in [0.3, 0.4) is 0 Å². The average molecular weight is 447 g/mol. The van der Waals surface area contributed by atoms with Crippen molar-refractivity contribution in [3.8, 4) is 6.07 Å². The zero-order valence-corrected chi connectivity index (χ0v) is 18.4. The molecule has 1 aromatic heterocycles. The summed E-state index contributed by atoms with van der Waals surface area (Å²) in [4.78, 5) is 40.2. The molecule has 0 aromatic carbocycles. The number of carboxylic acid groups (broad SMARTS) is 1. The highest BCUT2D eigenvalue weighted by atomic mass is 32.2. The van der Waals surface area contributed by atoms with Gasteiger partial charge in [0, 0.05) is 32.2 Å². The molecule has 0 saturated carbocycles. The van der Waals surface area contributed by atoms with Crippen molar-refractivity contribution >= 4 is 52.1 Å². The van der Waals surface area contributed by atoms with Crippen LogP contribution in [0, 0.1) is 18.3 Å². The third kappa shape index (κ3) is 4.13. The monoisotopic (exact) mass is 446 g/mol. The fourth-order valence-electron chi connectivity index (χ4n) is 3.73. The molecule has 30 heavy (non-hydrogen) atoms. The van der Waals surface area contributed by atoms with Crippen LogP contribution in [0.25, 0.3) is 6.08 Å². The maximum Gasteiger partial charge on any atom is 0.305 e. The molecule has 0 unspecified atom stereocenters. The maximum absolute atomic E-state index is 12.8. The van der Waals surface area contributed by atoms with E-state index in [0.717, 1.165) is 44.1 Å². The minimum Gasteiger partial charge on any atom is -0.481 e. The molecule has 158 valence electrons. The lowest BCUT2D eigenvalue weighted by atomic mass is 10.0. The lowest BCUT2D eigenvalue weighted by Gasteiger charge is -2.32. The molecule has 1 amide bonds. The number of thiocarbonyl (C=S) groups is 1. The molecule has 2 saturated heterocycles. The van der Waals surface area contributed by atoms with E-state index in [-0.39, 0.29) is 30.0 Å². The SMILES string of the molecule is Cc1c(C=C2SC(=S)N(CCC(=O)O)C2=O)c(N2CCCCC2)n(C)c(=O)c1C#N. The highest BCUT2D eigenvalue weighted by Crippen LogP contribution is 2.36. The van der Waals surface area contributed by atoms with Crippen LogP contribution in [0.2, 0.25) is 0 Å². The average Bonchev–Trinajstić information content (AvgIpc) is 2.98. The molecule has 0 atom stereocenters. The molecular weight excluding hydrogens is 424 g/mol. The van der Waals surface area contributed by atoms with Gasteiger partial charge in [0.15, 0.2) is 0 Å². The maximum atomic E-state index is 12.8. The van der Waals surface area contributed by atoms with Crippen LogP contribution in [0.5, 0.6) is 0 Å². The second kappa shape index (κ2) is 9.02. The molecule has 10 heteroatoms. The largest absolute Gasteiger partial charge is 0.481 e. The number of amides is 1. The highest BCUT2D eigenvalue weighted by Gasteiger charge is 2.33. The van der Waals surface area contributed by atoms with E-state index >= 15 is 0 Å². The zero-order valence-electron chi connectivity index (χ0n) is 16.8. The lowest BCUT2D eigenvalue weighted by molar-refractivity contribution is -0.137. The summed E-state index contributed by atoms with van der Waals surface area (Å²) >= 11 is 6.37. The highest BCUT2D eigenvalue weighted by molar-refractivity contribution is 8.26. The summed E-state index contributed by atoms with van der Waals surface area (Å²) in [5.74, 6) is -0.678. The first kappa shape index (κ1) is 22.1. The number of piperidine rings is 1. The Balaban J connectivity index is 2.11. The minimum atomic E-state index is -1.01. The number of hydrogen-bond donors (Lipinski definition) is 1. The van der Waals surface area contributed by atoms with Gasteiger partial charge in [0.2, 0.25) is 0 Å². The fraction of sp³-hybridized carbons (Fsp3) is 0.450. The number of aliphatic carboxylic acids is 1. The van der Waals surface area contributed by atoms with Gasteiger partial charge in [-0.05, 0) is 37.8 Å². The molecule has 1 aromatic rings. The Kier molecular flexibility index (Phi) is 6.63. The van der Waals surface area contributed by atoms with E-state index in [1.165, 1.54) is 9.47 Å². The van der Waals surface area contributed by atoms with Gasteiger partial charge >= 0.3 is 5.97 Å². The number of carbonyl (C=O) groups excluding carboxylic acids is 1. The van der Waals surface area contributed by atoms with Crippen LogP contribution in [-0.4, -0.2) is 50.4 Å². The van der Waals surface area contributed by atoms with Gasteiger partial charge in [0.05, 0.1) is 11.3 Å². The number of nitriles is 1. The second-order valence-corrected chi connectivity index (χ2v) is 8.91. The number of aromatic nitrogens is 1. The van der Waals surface area contributed by atoms with Crippen LogP contribution >= 0.6 is 24.0 Å². The van der Waals surface area contributed by atoms with Crippen molar-refractivity contribution in [3.05, 3.63) is 31.9 Å². The topological polar surface area (TPSA) is 107 Å². The lowest BCUT2D eigenvalue weighted by Crippen LogP contribution is -2.36. The molecule has 0 bridgehead atoms. The van der Waals surface area contributed by atoms with E-state index in [2.05, 4.69) is 4.90 Å². The predicted molar refractivity (Wildman–Crippen MR) is 119 cm³/mol. The van der Waals surface area contributed by atoms with Gasteiger partial charge in [-0.2, -0.15) is 5.26 Å². The van der Waals surface area contributed by atoms with E-state index < -0.39 is 5.97 Å². The van der Waals surface area contributed by atoms with Crippen molar-refractivity contribution in [2.45, 2.75) is 32.6 Å². The Morgan fingerprint density at radius 2 is 1.97 bits per heavy atom. The molecule has 1 N–H and O–H groups in total. The van der Waals surface area contributed by atoms with Gasteiger partial charge in [-0.3, -0.25) is 23.9 Å². The van der Waals surface area contributed by atoms with E-state index in [0.29, 0.717) is 26.2 Å². The predicted octanol–water partition coefficient (Wildman–Crippen LogP) is 2.23. The van der Waals surface area contributed by atoms with Crippen LogP contribution in [0.15, 0.2) is 9.70 Å². The number of thioether (sulfide) groups is 1. The number of anilines is 1. The summed E-state index contributed by atoms with van der Waals surface area (Å²) in [5.41, 5.74) is 0.860. The van der Waals surface area contributed by atoms with Crippen molar-refractivity contribution in [2.24, 2.45) is 7.05 Å². The van der Waals surface area contributed by atoms with Gasteiger partial charge in [-0.1, -0.05) is 24.0 Å². The Morgan fingerprint density at radius 1 is 1.30 bits per heavy atom. The number of carbonyl (C=O) groups is 2. The van der Waals surface area contributed by atoms with Gasteiger partial charge in [0.25, 0.3) is 11.5 Å². The second-order valence-electron chi connectivity index (χ2n) is 7.24. The van der Waals surface area contributed by atoms with Crippen molar-refractivity contribution < 1.29 is 14.7 Å². The van der Waals surface area contributed by atoms with Crippen LogP contribution in [-0.2, 0) is 16.6 Å². The number of carboxylic acids is 1. The first-order chi connectivity index (χ1) is 14.3. The van der Waals surface area contributed by atoms with Crippen molar-refractivity contribution in [1.29, 1.82) is 5.26 Å². The van der Waals surface area contributed by atoms with Crippen molar-refractivity contribution in [3.63, 3.8) is 0 Å². The molecule has 0 radical (unpaired) electrons. The molecular formula is C20H22N4O4S2. The number of rotatable bonds is 5. The summed E-state index contributed by atoms with van der Waals surface area (Å²) in [6.45, 7) is 3.30. The Bertz CT molecular complexity index is 1050. The fourth-order valence-corrected chi connectivity index (χ4v) is 5.02. The number of hydrogen-bond acceptors (Lipinski definition) is 7.